The van der Waals surface area contributed by atoms with Crippen LogP contribution in [0.5, 0.6) is 0 Å². The number of ether oxygens (including phenoxy) is 1. The van der Waals surface area contributed by atoms with Gasteiger partial charge in [-0.15, -0.1) is 11.8 Å². The van der Waals surface area contributed by atoms with Crippen LogP contribution in [-0.2, 0) is 4.74 Å². The maximum absolute atomic E-state index is 9.28. The molecule has 1 aliphatic rings. The van der Waals surface area contributed by atoms with E-state index < -0.39 is 0 Å². The van der Waals surface area contributed by atoms with Gasteiger partial charge < -0.3 is 10.1 Å². The van der Waals surface area contributed by atoms with Gasteiger partial charge in [0.05, 0.1) is 17.4 Å². The Morgan fingerprint density at radius 2 is 2.33 bits per heavy atom. The minimum Gasteiger partial charge on any atom is -0.381 e. The summed E-state index contributed by atoms with van der Waals surface area (Å²) >= 11 is 1.61. The molecule has 3 nitrogen and oxygen atoms in total. The second-order valence-electron chi connectivity index (χ2n) is 4.54. The number of hydrogen-bond donors (Lipinski definition) is 1. The van der Waals surface area contributed by atoms with E-state index in [2.05, 4.69) is 18.3 Å². The Bertz CT molecular complexity index is 456. The van der Waals surface area contributed by atoms with Crippen LogP contribution in [0.2, 0.25) is 0 Å². The molecule has 1 saturated heterocycles. The maximum atomic E-state index is 9.28. The highest BCUT2D eigenvalue weighted by Gasteiger charge is 2.20. The maximum Gasteiger partial charge on any atom is 0.102 e. The molecule has 2 unspecified atom stereocenters. The molecule has 96 valence electrons. The number of nitriles is 1. The number of anilines is 1. The van der Waals surface area contributed by atoms with Crippen molar-refractivity contribution in [2.75, 3.05) is 18.2 Å². The Balaban J connectivity index is 2.16. The van der Waals surface area contributed by atoms with Gasteiger partial charge in [-0.25, -0.2) is 0 Å². The third-order valence-electron chi connectivity index (χ3n) is 3.20. The fourth-order valence-corrected chi connectivity index (χ4v) is 2.86. The highest BCUT2D eigenvalue weighted by molar-refractivity contribution is 7.98. The predicted molar refractivity (Wildman–Crippen MR) is 75.0 cm³/mol. The van der Waals surface area contributed by atoms with Crippen molar-refractivity contribution in [1.29, 1.82) is 5.26 Å². The molecular formula is C14H18N2OS. The highest BCUT2D eigenvalue weighted by atomic mass is 32.2. The van der Waals surface area contributed by atoms with Crippen LogP contribution in [0, 0.1) is 11.3 Å². The molecule has 0 bridgehead atoms. The number of hydrogen-bond acceptors (Lipinski definition) is 4. The van der Waals surface area contributed by atoms with Crippen molar-refractivity contribution < 1.29 is 4.74 Å². The van der Waals surface area contributed by atoms with Crippen LogP contribution in [0.25, 0.3) is 0 Å². The van der Waals surface area contributed by atoms with Gasteiger partial charge in [-0.3, -0.25) is 0 Å². The Hall–Kier alpha value is -1.18. The number of thioether (sulfide) groups is 1. The van der Waals surface area contributed by atoms with Gasteiger partial charge in [-0.2, -0.15) is 5.26 Å². The van der Waals surface area contributed by atoms with Gasteiger partial charge in [-0.05, 0) is 38.2 Å². The first-order valence-corrected chi connectivity index (χ1v) is 7.42. The molecule has 0 aliphatic carbocycles. The molecule has 0 amide bonds. The second kappa shape index (κ2) is 6.12. The zero-order valence-electron chi connectivity index (χ0n) is 10.8. The van der Waals surface area contributed by atoms with E-state index in [4.69, 9.17) is 4.74 Å². The Morgan fingerprint density at radius 3 is 3.00 bits per heavy atom. The minimum atomic E-state index is 0.297. The summed E-state index contributed by atoms with van der Waals surface area (Å²) in [4.78, 5) is 1.03. The summed E-state index contributed by atoms with van der Waals surface area (Å²) < 4.78 is 5.54. The monoisotopic (exact) mass is 262 g/mol. The molecule has 0 radical (unpaired) electrons. The van der Waals surface area contributed by atoms with Crippen LogP contribution in [0.1, 0.15) is 25.3 Å². The van der Waals surface area contributed by atoms with Gasteiger partial charge in [0, 0.05) is 17.5 Å². The smallest absolute Gasteiger partial charge is 0.102 e. The van der Waals surface area contributed by atoms with Crippen LogP contribution in [0.15, 0.2) is 23.1 Å². The summed E-state index contributed by atoms with van der Waals surface area (Å²) in [6.45, 7) is 2.89. The van der Waals surface area contributed by atoms with Gasteiger partial charge in [0.1, 0.15) is 6.07 Å². The zero-order valence-corrected chi connectivity index (χ0v) is 11.6. The van der Waals surface area contributed by atoms with E-state index in [0.29, 0.717) is 12.1 Å². The topological polar surface area (TPSA) is 45.0 Å². The Morgan fingerprint density at radius 1 is 1.50 bits per heavy atom. The summed E-state index contributed by atoms with van der Waals surface area (Å²) in [5.74, 6) is 0. The number of nitrogens with one attached hydrogen (secondary N) is 1. The lowest BCUT2D eigenvalue weighted by Crippen LogP contribution is -2.32. The van der Waals surface area contributed by atoms with Crippen LogP contribution < -0.4 is 5.32 Å². The molecule has 1 aromatic carbocycles. The number of benzene rings is 1. The molecule has 1 N–H and O–H groups in total. The van der Waals surface area contributed by atoms with Crippen molar-refractivity contribution in [2.24, 2.45) is 0 Å². The minimum absolute atomic E-state index is 0.297. The van der Waals surface area contributed by atoms with Crippen molar-refractivity contribution in [3.8, 4) is 6.07 Å². The van der Waals surface area contributed by atoms with Gasteiger partial charge in [0.25, 0.3) is 0 Å². The molecule has 1 aromatic rings. The highest BCUT2D eigenvalue weighted by Crippen LogP contribution is 2.28. The van der Waals surface area contributed by atoms with Gasteiger partial charge in [0.2, 0.25) is 0 Å². The van der Waals surface area contributed by atoms with Crippen LogP contribution in [0.4, 0.5) is 5.69 Å². The van der Waals surface area contributed by atoms with E-state index in [0.717, 1.165) is 35.6 Å². The summed E-state index contributed by atoms with van der Waals surface area (Å²) in [5, 5.41) is 12.8. The van der Waals surface area contributed by atoms with E-state index >= 15 is 0 Å². The lowest BCUT2D eigenvalue weighted by atomic mass is 10.0. The summed E-state index contributed by atoms with van der Waals surface area (Å²) in [5.41, 5.74) is 1.70. The molecule has 1 aliphatic heterocycles. The zero-order chi connectivity index (χ0) is 13.0. The predicted octanol–water partition coefficient (Wildman–Crippen LogP) is 3.26. The quantitative estimate of drug-likeness (QED) is 0.849. The first kappa shape index (κ1) is 13.3. The largest absolute Gasteiger partial charge is 0.381 e. The molecule has 4 heteroatoms. The molecule has 1 fully saturated rings. The SMILES string of the molecule is CSc1cccc(NC2CCOC(C)C2)c1C#N. The first-order valence-electron chi connectivity index (χ1n) is 6.20. The summed E-state index contributed by atoms with van der Waals surface area (Å²) in [6, 6.07) is 8.67. The van der Waals surface area contributed by atoms with Crippen LogP contribution in [0.3, 0.4) is 0 Å². The van der Waals surface area contributed by atoms with Crippen LogP contribution >= 0.6 is 11.8 Å². The Kier molecular flexibility index (Phi) is 4.51. The van der Waals surface area contributed by atoms with Crippen molar-refractivity contribution in [3.05, 3.63) is 23.8 Å². The molecule has 1 heterocycles. The third-order valence-corrected chi connectivity index (χ3v) is 3.98. The average molecular weight is 262 g/mol. The van der Waals surface area contributed by atoms with Crippen molar-refractivity contribution in [3.63, 3.8) is 0 Å². The van der Waals surface area contributed by atoms with Crippen LogP contribution in [-0.4, -0.2) is 25.0 Å². The van der Waals surface area contributed by atoms with Gasteiger partial charge in [0.15, 0.2) is 0 Å². The number of nitrogens with zero attached hydrogens (tertiary/aromatic N) is 1. The summed E-state index contributed by atoms with van der Waals surface area (Å²) in [6.07, 6.45) is 4.29. The first-order chi connectivity index (χ1) is 8.74. The van der Waals surface area contributed by atoms with Crippen molar-refractivity contribution in [1.82, 2.24) is 0 Å². The van der Waals surface area contributed by atoms with Crippen molar-refractivity contribution in [2.45, 2.75) is 36.8 Å². The molecule has 0 spiro atoms. The number of rotatable bonds is 3. The van der Waals surface area contributed by atoms with E-state index in [1.165, 1.54) is 0 Å². The van der Waals surface area contributed by atoms with E-state index in [9.17, 15) is 5.26 Å². The average Bonchev–Trinajstić information content (AvgIpc) is 2.38. The molecule has 2 atom stereocenters. The van der Waals surface area contributed by atoms with E-state index in [-0.39, 0.29) is 0 Å². The molecule has 0 aromatic heterocycles. The lowest BCUT2D eigenvalue weighted by molar-refractivity contribution is 0.0232. The molecular weight excluding hydrogens is 244 g/mol. The third kappa shape index (κ3) is 2.98. The van der Waals surface area contributed by atoms with Crippen molar-refractivity contribution >= 4 is 17.4 Å². The molecule has 18 heavy (non-hydrogen) atoms. The molecule has 0 saturated carbocycles. The Labute approximate surface area is 113 Å². The normalized spacial score (nSPS) is 23.4. The fraction of sp³-hybridized carbons (Fsp3) is 0.500. The second-order valence-corrected chi connectivity index (χ2v) is 5.39. The van der Waals surface area contributed by atoms with E-state index in [1.54, 1.807) is 11.8 Å². The lowest BCUT2D eigenvalue weighted by Gasteiger charge is -2.29. The molecule has 2 rings (SSSR count). The summed E-state index contributed by atoms with van der Waals surface area (Å²) in [7, 11) is 0. The standard InChI is InChI=1S/C14H18N2OS/c1-10-8-11(6-7-17-10)16-13-4-3-5-14(18-2)12(13)9-15/h3-5,10-11,16H,6-8H2,1-2H3. The van der Waals surface area contributed by atoms with E-state index in [1.807, 2.05) is 24.5 Å². The van der Waals surface area contributed by atoms with Gasteiger partial charge in [-0.1, -0.05) is 6.07 Å². The fourth-order valence-electron chi connectivity index (χ4n) is 2.29. The van der Waals surface area contributed by atoms with Gasteiger partial charge >= 0.3 is 0 Å².